The Morgan fingerprint density at radius 1 is 1.29 bits per heavy atom. The molecule has 1 heterocycles. The minimum absolute atomic E-state index is 0.102. The minimum Gasteiger partial charge on any atom is -0.381 e. The van der Waals surface area contributed by atoms with Gasteiger partial charge >= 0.3 is 0 Å². The highest BCUT2D eigenvalue weighted by molar-refractivity contribution is 6.31. The van der Waals surface area contributed by atoms with E-state index in [4.69, 9.17) is 11.6 Å². The minimum atomic E-state index is 0.102. The van der Waals surface area contributed by atoms with Crippen molar-refractivity contribution in [2.75, 3.05) is 16.8 Å². The van der Waals surface area contributed by atoms with Crippen molar-refractivity contribution in [1.29, 1.82) is 0 Å². The second kappa shape index (κ2) is 5.78. The van der Waals surface area contributed by atoms with Gasteiger partial charge in [-0.15, -0.1) is 0 Å². The van der Waals surface area contributed by atoms with Crippen LogP contribution in [-0.4, -0.2) is 12.5 Å². The van der Waals surface area contributed by atoms with Crippen LogP contribution >= 0.6 is 11.6 Å². The van der Waals surface area contributed by atoms with Crippen molar-refractivity contribution in [3.63, 3.8) is 0 Å². The van der Waals surface area contributed by atoms with Crippen LogP contribution < -0.4 is 10.2 Å². The number of nitrogens with one attached hydrogen (secondary N) is 1. The van der Waals surface area contributed by atoms with Gasteiger partial charge in [-0.2, -0.15) is 0 Å². The first kappa shape index (κ1) is 14.0. The highest BCUT2D eigenvalue weighted by Gasteiger charge is 2.21. The SMILES string of the molecule is CC(=O)N1CCc2cc(NCc3ccccc3Cl)ccc21. The molecule has 2 aromatic rings. The Kier molecular flexibility index (Phi) is 3.84. The molecular formula is C17H17ClN2O. The van der Waals surface area contributed by atoms with Crippen molar-refractivity contribution in [3.05, 3.63) is 58.6 Å². The summed E-state index contributed by atoms with van der Waals surface area (Å²) in [5.74, 6) is 0.102. The van der Waals surface area contributed by atoms with Gasteiger partial charge in [0.2, 0.25) is 5.91 Å². The third-order valence-corrected chi connectivity index (χ3v) is 4.16. The molecule has 0 unspecified atom stereocenters. The maximum absolute atomic E-state index is 11.5. The van der Waals surface area contributed by atoms with Crippen LogP contribution in [0.25, 0.3) is 0 Å². The van der Waals surface area contributed by atoms with E-state index in [1.54, 1.807) is 6.92 Å². The van der Waals surface area contributed by atoms with E-state index in [-0.39, 0.29) is 5.91 Å². The maximum atomic E-state index is 11.5. The van der Waals surface area contributed by atoms with Gasteiger partial charge in [0.1, 0.15) is 0 Å². The fraction of sp³-hybridized carbons (Fsp3) is 0.235. The zero-order valence-electron chi connectivity index (χ0n) is 11.9. The Morgan fingerprint density at radius 3 is 2.86 bits per heavy atom. The smallest absolute Gasteiger partial charge is 0.223 e. The number of rotatable bonds is 3. The second-order valence-corrected chi connectivity index (χ2v) is 5.62. The van der Waals surface area contributed by atoms with Crippen LogP contribution in [-0.2, 0) is 17.8 Å². The molecule has 0 aliphatic carbocycles. The lowest BCUT2D eigenvalue weighted by Gasteiger charge is -2.15. The Morgan fingerprint density at radius 2 is 2.10 bits per heavy atom. The molecule has 108 valence electrons. The van der Waals surface area contributed by atoms with Crippen LogP contribution in [0, 0.1) is 0 Å². The van der Waals surface area contributed by atoms with Gasteiger partial charge in [0.15, 0.2) is 0 Å². The number of halogens is 1. The van der Waals surface area contributed by atoms with E-state index in [1.807, 2.05) is 41.3 Å². The van der Waals surface area contributed by atoms with Crippen molar-refractivity contribution in [3.8, 4) is 0 Å². The van der Waals surface area contributed by atoms with Gasteiger partial charge in [0, 0.05) is 36.4 Å². The second-order valence-electron chi connectivity index (χ2n) is 5.21. The largest absolute Gasteiger partial charge is 0.381 e. The van der Waals surface area contributed by atoms with Crippen LogP contribution in [0.2, 0.25) is 5.02 Å². The number of hydrogen-bond acceptors (Lipinski definition) is 2. The molecule has 0 aromatic heterocycles. The van der Waals surface area contributed by atoms with Gasteiger partial charge in [0.25, 0.3) is 0 Å². The van der Waals surface area contributed by atoms with Crippen molar-refractivity contribution in [1.82, 2.24) is 0 Å². The summed E-state index contributed by atoms with van der Waals surface area (Å²) in [6, 6.07) is 14.0. The Bertz CT molecular complexity index is 684. The third-order valence-electron chi connectivity index (χ3n) is 3.80. The number of nitrogens with zero attached hydrogens (tertiary/aromatic N) is 1. The summed E-state index contributed by atoms with van der Waals surface area (Å²) < 4.78 is 0. The van der Waals surface area contributed by atoms with Crippen molar-refractivity contribution in [2.45, 2.75) is 19.9 Å². The Hall–Kier alpha value is -2.00. The quantitative estimate of drug-likeness (QED) is 0.933. The number of fused-ring (bicyclic) bond motifs is 1. The number of anilines is 2. The molecule has 1 aliphatic rings. The van der Waals surface area contributed by atoms with Gasteiger partial charge in [-0.05, 0) is 41.8 Å². The molecular weight excluding hydrogens is 284 g/mol. The lowest BCUT2D eigenvalue weighted by atomic mass is 10.1. The van der Waals surface area contributed by atoms with E-state index in [0.29, 0.717) is 6.54 Å². The van der Waals surface area contributed by atoms with Crippen LogP contribution in [0.4, 0.5) is 11.4 Å². The first-order valence-electron chi connectivity index (χ1n) is 7.03. The molecule has 0 atom stereocenters. The van der Waals surface area contributed by atoms with Gasteiger partial charge in [0.05, 0.1) is 0 Å². The molecule has 1 N–H and O–H groups in total. The van der Waals surface area contributed by atoms with E-state index >= 15 is 0 Å². The molecule has 21 heavy (non-hydrogen) atoms. The molecule has 0 radical (unpaired) electrons. The summed E-state index contributed by atoms with van der Waals surface area (Å²) in [7, 11) is 0. The zero-order chi connectivity index (χ0) is 14.8. The third kappa shape index (κ3) is 2.88. The first-order chi connectivity index (χ1) is 10.1. The van der Waals surface area contributed by atoms with Crippen LogP contribution in [0.15, 0.2) is 42.5 Å². The molecule has 0 saturated heterocycles. The maximum Gasteiger partial charge on any atom is 0.223 e. The average molecular weight is 301 g/mol. The summed E-state index contributed by atoms with van der Waals surface area (Å²) in [4.78, 5) is 13.4. The number of hydrogen-bond donors (Lipinski definition) is 1. The normalized spacial score (nSPS) is 13.1. The fourth-order valence-electron chi connectivity index (χ4n) is 2.68. The average Bonchev–Trinajstić information content (AvgIpc) is 2.89. The van der Waals surface area contributed by atoms with E-state index in [2.05, 4.69) is 11.4 Å². The van der Waals surface area contributed by atoms with Gasteiger partial charge in [-0.1, -0.05) is 29.8 Å². The lowest BCUT2D eigenvalue weighted by Crippen LogP contribution is -2.25. The summed E-state index contributed by atoms with van der Waals surface area (Å²) in [6.07, 6.45) is 0.913. The predicted molar refractivity (Wildman–Crippen MR) is 87.0 cm³/mol. The van der Waals surface area contributed by atoms with E-state index in [1.165, 1.54) is 5.56 Å². The fourth-order valence-corrected chi connectivity index (χ4v) is 2.88. The monoisotopic (exact) mass is 300 g/mol. The molecule has 3 rings (SSSR count). The van der Waals surface area contributed by atoms with Gasteiger partial charge < -0.3 is 10.2 Å². The summed E-state index contributed by atoms with van der Waals surface area (Å²) in [6.45, 7) is 3.08. The van der Waals surface area contributed by atoms with Crippen LogP contribution in [0.3, 0.4) is 0 Å². The molecule has 1 amide bonds. The molecule has 2 aromatic carbocycles. The standard InChI is InChI=1S/C17H17ClN2O/c1-12(21)20-9-8-13-10-15(6-7-17(13)20)19-11-14-4-2-3-5-16(14)18/h2-7,10,19H,8-9,11H2,1H3. The van der Waals surface area contributed by atoms with Gasteiger partial charge in [-0.25, -0.2) is 0 Å². The molecule has 0 saturated carbocycles. The molecule has 1 aliphatic heterocycles. The number of carbonyl (C=O) groups excluding carboxylic acids is 1. The van der Waals surface area contributed by atoms with Crippen molar-refractivity contribution >= 4 is 28.9 Å². The molecule has 4 heteroatoms. The van der Waals surface area contributed by atoms with E-state index in [0.717, 1.165) is 34.9 Å². The van der Waals surface area contributed by atoms with Crippen LogP contribution in [0.5, 0.6) is 0 Å². The number of benzene rings is 2. The predicted octanol–water partition coefficient (Wildman–Crippen LogP) is 3.86. The molecule has 0 bridgehead atoms. The van der Waals surface area contributed by atoms with Crippen molar-refractivity contribution in [2.24, 2.45) is 0 Å². The zero-order valence-corrected chi connectivity index (χ0v) is 12.7. The van der Waals surface area contributed by atoms with E-state index in [9.17, 15) is 4.79 Å². The summed E-state index contributed by atoms with van der Waals surface area (Å²) in [5.41, 5.74) is 4.38. The molecule has 0 fully saturated rings. The molecule has 0 spiro atoms. The lowest BCUT2D eigenvalue weighted by molar-refractivity contribution is -0.116. The Balaban J connectivity index is 1.74. The van der Waals surface area contributed by atoms with Gasteiger partial charge in [-0.3, -0.25) is 4.79 Å². The first-order valence-corrected chi connectivity index (χ1v) is 7.41. The number of carbonyl (C=O) groups is 1. The molecule has 3 nitrogen and oxygen atoms in total. The summed E-state index contributed by atoms with van der Waals surface area (Å²) >= 11 is 6.15. The highest BCUT2D eigenvalue weighted by atomic mass is 35.5. The number of amides is 1. The highest BCUT2D eigenvalue weighted by Crippen LogP contribution is 2.30. The Labute approximate surface area is 129 Å². The van der Waals surface area contributed by atoms with Crippen molar-refractivity contribution < 1.29 is 4.79 Å². The van der Waals surface area contributed by atoms with E-state index < -0.39 is 0 Å². The summed E-state index contributed by atoms with van der Waals surface area (Å²) in [5, 5.41) is 4.16. The topological polar surface area (TPSA) is 32.3 Å². The van der Waals surface area contributed by atoms with Crippen LogP contribution in [0.1, 0.15) is 18.1 Å².